The van der Waals surface area contributed by atoms with Gasteiger partial charge in [0.25, 0.3) is 0 Å². The molecule has 1 rings (SSSR count). The third kappa shape index (κ3) is 4.83. The second kappa shape index (κ2) is 8.08. The highest BCUT2D eigenvalue weighted by atomic mass is 35.5. The summed E-state index contributed by atoms with van der Waals surface area (Å²) in [5.74, 6) is 0.887. The molecule has 18 heavy (non-hydrogen) atoms. The molecule has 0 amide bonds. The van der Waals surface area contributed by atoms with Crippen LogP contribution in [0.4, 0.5) is 0 Å². The van der Waals surface area contributed by atoms with Crippen molar-refractivity contribution < 1.29 is 4.74 Å². The molecule has 0 spiro atoms. The van der Waals surface area contributed by atoms with Crippen molar-refractivity contribution >= 4 is 34.8 Å². The summed E-state index contributed by atoms with van der Waals surface area (Å²) >= 11 is 17.6. The first-order valence-electron chi connectivity index (χ1n) is 6.22. The van der Waals surface area contributed by atoms with Gasteiger partial charge in [-0.2, -0.15) is 4.98 Å². The third-order valence-corrected chi connectivity index (χ3v) is 3.80. The van der Waals surface area contributed by atoms with E-state index in [1.54, 1.807) is 6.07 Å². The van der Waals surface area contributed by atoms with Gasteiger partial charge in [0, 0.05) is 0 Å². The van der Waals surface area contributed by atoms with Crippen LogP contribution in [0.15, 0.2) is 6.07 Å². The molecular weight excluding hydrogens is 293 g/mol. The molecule has 5 heteroatoms. The van der Waals surface area contributed by atoms with Crippen LogP contribution >= 0.6 is 34.8 Å². The predicted molar refractivity (Wildman–Crippen MR) is 78.1 cm³/mol. The van der Waals surface area contributed by atoms with Crippen molar-refractivity contribution in [2.75, 3.05) is 6.61 Å². The average Bonchev–Trinajstić information content (AvgIpc) is 2.35. The van der Waals surface area contributed by atoms with Crippen molar-refractivity contribution in [1.29, 1.82) is 0 Å². The van der Waals surface area contributed by atoms with Crippen molar-refractivity contribution in [3.8, 4) is 5.88 Å². The predicted octanol–water partition coefficient (Wildman–Crippen LogP) is 5.64. The van der Waals surface area contributed by atoms with Crippen LogP contribution in [0.5, 0.6) is 5.88 Å². The lowest BCUT2D eigenvalue weighted by Gasteiger charge is -2.15. The van der Waals surface area contributed by atoms with Crippen LogP contribution in [-0.2, 0) is 0 Å². The highest BCUT2D eigenvalue weighted by Gasteiger charge is 2.12. The number of nitrogens with zero attached hydrogens (tertiary/aromatic N) is 1. The van der Waals surface area contributed by atoms with Gasteiger partial charge in [0.15, 0.2) is 5.15 Å². The van der Waals surface area contributed by atoms with Crippen molar-refractivity contribution in [3.63, 3.8) is 0 Å². The van der Waals surface area contributed by atoms with Gasteiger partial charge in [0.1, 0.15) is 5.02 Å². The Morgan fingerprint density at radius 3 is 2.56 bits per heavy atom. The summed E-state index contributed by atoms with van der Waals surface area (Å²) in [5.41, 5.74) is 0. The second-order valence-electron chi connectivity index (χ2n) is 4.28. The van der Waals surface area contributed by atoms with Gasteiger partial charge >= 0.3 is 0 Å². The molecule has 0 bridgehead atoms. The Morgan fingerprint density at radius 2 is 1.94 bits per heavy atom. The molecule has 0 radical (unpaired) electrons. The molecule has 0 saturated heterocycles. The van der Waals surface area contributed by atoms with E-state index in [2.05, 4.69) is 18.8 Å². The highest BCUT2D eigenvalue weighted by Crippen LogP contribution is 2.30. The Labute approximate surface area is 124 Å². The van der Waals surface area contributed by atoms with Gasteiger partial charge in [0.05, 0.1) is 11.6 Å². The van der Waals surface area contributed by atoms with Gasteiger partial charge in [-0.3, -0.25) is 0 Å². The molecular formula is C13H18Cl3NO. The van der Waals surface area contributed by atoms with Crippen LogP contribution in [0.3, 0.4) is 0 Å². The van der Waals surface area contributed by atoms with E-state index in [-0.39, 0.29) is 5.15 Å². The van der Waals surface area contributed by atoms with E-state index in [9.17, 15) is 0 Å². The second-order valence-corrected chi connectivity index (χ2v) is 5.45. The van der Waals surface area contributed by atoms with E-state index in [0.29, 0.717) is 28.5 Å². The fourth-order valence-corrected chi connectivity index (χ4v) is 2.17. The maximum Gasteiger partial charge on any atom is 0.234 e. The van der Waals surface area contributed by atoms with Crippen molar-refractivity contribution in [3.05, 3.63) is 21.3 Å². The van der Waals surface area contributed by atoms with Gasteiger partial charge in [-0.15, -0.1) is 0 Å². The topological polar surface area (TPSA) is 22.1 Å². The number of ether oxygens (including phenoxy) is 1. The standard InChI is InChI=1S/C13H18Cl3NO/c1-3-5-6-9(4-2)8-18-13-11(15)7-10(14)12(16)17-13/h7,9H,3-6,8H2,1-2H3. The lowest BCUT2D eigenvalue weighted by atomic mass is 10.0. The van der Waals surface area contributed by atoms with Gasteiger partial charge in [-0.05, 0) is 18.4 Å². The number of halogens is 3. The van der Waals surface area contributed by atoms with E-state index in [0.717, 1.165) is 12.8 Å². The quantitative estimate of drug-likeness (QED) is 0.608. The fraction of sp³-hybridized carbons (Fsp3) is 0.615. The highest BCUT2D eigenvalue weighted by molar-refractivity contribution is 6.42. The number of rotatable bonds is 7. The lowest BCUT2D eigenvalue weighted by molar-refractivity contribution is 0.226. The minimum Gasteiger partial charge on any atom is -0.476 e. The third-order valence-electron chi connectivity index (χ3n) is 2.85. The molecule has 1 aromatic heterocycles. The van der Waals surface area contributed by atoms with Crippen LogP contribution in [0.1, 0.15) is 39.5 Å². The number of hydrogen-bond donors (Lipinski definition) is 0. The van der Waals surface area contributed by atoms with Crippen LogP contribution in [-0.4, -0.2) is 11.6 Å². The summed E-state index contributed by atoms with van der Waals surface area (Å²) in [6.07, 6.45) is 4.65. The average molecular weight is 311 g/mol. The SMILES string of the molecule is CCCCC(CC)COc1nc(Cl)c(Cl)cc1Cl. The maximum absolute atomic E-state index is 6.00. The molecule has 0 aliphatic carbocycles. The number of pyridine rings is 1. The minimum absolute atomic E-state index is 0.220. The zero-order chi connectivity index (χ0) is 13.5. The fourth-order valence-electron chi connectivity index (χ4n) is 1.62. The zero-order valence-electron chi connectivity index (χ0n) is 10.7. The van der Waals surface area contributed by atoms with Crippen molar-refractivity contribution in [2.45, 2.75) is 39.5 Å². The minimum atomic E-state index is 0.220. The van der Waals surface area contributed by atoms with E-state index >= 15 is 0 Å². The summed E-state index contributed by atoms with van der Waals surface area (Å²) in [7, 11) is 0. The summed E-state index contributed by atoms with van der Waals surface area (Å²) in [6, 6.07) is 1.56. The van der Waals surface area contributed by atoms with Crippen LogP contribution in [0.25, 0.3) is 0 Å². The smallest absolute Gasteiger partial charge is 0.234 e. The van der Waals surface area contributed by atoms with Gasteiger partial charge < -0.3 is 4.74 Å². The molecule has 1 unspecified atom stereocenters. The maximum atomic E-state index is 6.00. The summed E-state index contributed by atoms with van der Waals surface area (Å²) in [4.78, 5) is 4.04. The van der Waals surface area contributed by atoms with E-state index in [4.69, 9.17) is 39.5 Å². The number of hydrogen-bond acceptors (Lipinski definition) is 2. The van der Waals surface area contributed by atoms with Crippen molar-refractivity contribution in [1.82, 2.24) is 4.98 Å². The summed E-state index contributed by atoms with van der Waals surface area (Å²) < 4.78 is 5.64. The Morgan fingerprint density at radius 1 is 1.22 bits per heavy atom. The number of unbranched alkanes of at least 4 members (excludes halogenated alkanes) is 1. The van der Waals surface area contributed by atoms with Crippen molar-refractivity contribution in [2.24, 2.45) is 5.92 Å². The zero-order valence-corrected chi connectivity index (χ0v) is 12.9. The molecule has 1 aromatic rings. The Bertz CT molecular complexity index is 385. The largest absolute Gasteiger partial charge is 0.476 e. The summed E-state index contributed by atoms with van der Waals surface area (Å²) in [6.45, 7) is 4.96. The van der Waals surface area contributed by atoms with Gasteiger partial charge in [-0.1, -0.05) is 67.9 Å². The summed E-state index contributed by atoms with van der Waals surface area (Å²) in [5, 5.41) is 0.958. The van der Waals surface area contributed by atoms with Crippen LogP contribution in [0, 0.1) is 5.92 Å². The molecule has 1 heterocycles. The van der Waals surface area contributed by atoms with Gasteiger partial charge in [-0.25, -0.2) is 0 Å². The molecule has 2 nitrogen and oxygen atoms in total. The molecule has 0 aliphatic heterocycles. The number of aromatic nitrogens is 1. The molecule has 0 fully saturated rings. The van der Waals surface area contributed by atoms with Crippen LogP contribution < -0.4 is 4.74 Å². The molecule has 1 atom stereocenters. The first kappa shape index (κ1) is 15.9. The first-order valence-corrected chi connectivity index (χ1v) is 7.36. The molecule has 102 valence electrons. The molecule has 0 saturated carbocycles. The Balaban J connectivity index is 2.59. The van der Waals surface area contributed by atoms with Gasteiger partial charge in [0.2, 0.25) is 5.88 Å². The Hall–Kier alpha value is -0.180. The molecule has 0 N–H and O–H groups in total. The first-order chi connectivity index (χ1) is 8.58. The normalized spacial score (nSPS) is 12.5. The molecule has 0 aliphatic rings. The van der Waals surface area contributed by atoms with E-state index in [1.165, 1.54) is 12.8 Å². The Kier molecular flexibility index (Phi) is 7.13. The van der Waals surface area contributed by atoms with E-state index < -0.39 is 0 Å². The van der Waals surface area contributed by atoms with Crippen LogP contribution in [0.2, 0.25) is 15.2 Å². The monoisotopic (exact) mass is 309 g/mol. The lowest BCUT2D eigenvalue weighted by Crippen LogP contribution is -2.12. The molecule has 0 aromatic carbocycles. The van der Waals surface area contributed by atoms with E-state index in [1.807, 2.05) is 0 Å².